The minimum atomic E-state index is -1.04. The molecule has 0 aliphatic carbocycles. The van der Waals surface area contributed by atoms with Gasteiger partial charge in [-0.1, -0.05) is 12.1 Å². The van der Waals surface area contributed by atoms with Crippen LogP contribution in [0.25, 0.3) is 0 Å². The summed E-state index contributed by atoms with van der Waals surface area (Å²) in [7, 11) is 1.39. The summed E-state index contributed by atoms with van der Waals surface area (Å²) in [5.41, 5.74) is -0.562. The smallest absolute Gasteiger partial charge is 0.410 e. The fraction of sp³-hybridized carbons (Fsp3) is 0.429. The van der Waals surface area contributed by atoms with Gasteiger partial charge in [-0.25, -0.2) is 4.79 Å². The first-order valence-corrected chi connectivity index (χ1v) is 6.09. The molecule has 0 aliphatic heterocycles. The molecule has 0 radical (unpaired) electrons. The molecule has 0 bridgehead atoms. The Balaban J connectivity index is 3.04. The quantitative estimate of drug-likeness (QED) is 0.655. The summed E-state index contributed by atoms with van der Waals surface area (Å²) in [4.78, 5) is 24.2. The molecule has 0 heterocycles. The first-order valence-electron chi connectivity index (χ1n) is 6.09. The molecule has 1 amide bonds. The van der Waals surface area contributed by atoms with E-state index in [-0.39, 0.29) is 11.3 Å². The zero-order chi connectivity index (χ0) is 15.5. The third-order valence-corrected chi connectivity index (χ3v) is 2.59. The SMILES string of the molecule is CN(C(=O)OC(C)(C)C)C(C=O)c1cccc(O)c1O. The van der Waals surface area contributed by atoms with Gasteiger partial charge in [-0.15, -0.1) is 0 Å². The molecular formula is C14H19NO5. The van der Waals surface area contributed by atoms with Gasteiger partial charge in [-0.05, 0) is 26.8 Å². The molecule has 1 atom stereocenters. The Morgan fingerprint density at radius 3 is 2.45 bits per heavy atom. The summed E-state index contributed by atoms with van der Waals surface area (Å²) < 4.78 is 5.16. The number of carbonyl (C=O) groups is 2. The van der Waals surface area contributed by atoms with Crippen molar-refractivity contribution < 1.29 is 24.5 Å². The lowest BCUT2D eigenvalue weighted by atomic mass is 10.1. The molecule has 1 aromatic carbocycles. The Hall–Kier alpha value is -2.24. The maximum absolute atomic E-state index is 11.9. The summed E-state index contributed by atoms with van der Waals surface area (Å²) in [6.45, 7) is 5.13. The number of nitrogens with zero attached hydrogens (tertiary/aromatic N) is 1. The van der Waals surface area contributed by atoms with Crippen LogP contribution in [0.1, 0.15) is 32.4 Å². The Morgan fingerprint density at radius 1 is 1.35 bits per heavy atom. The number of para-hydroxylation sites is 1. The average molecular weight is 281 g/mol. The molecule has 110 valence electrons. The number of likely N-dealkylation sites (N-methyl/N-ethyl adjacent to an activating group) is 1. The Labute approximate surface area is 117 Å². The number of hydrogen-bond acceptors (Lipinski definition) is 5. The van der Waals surface area contributed by atoms with Crippen molar-refractivity contribution in [2.24, 2.45) is 0 Å². The first-order chi connectivity index (χ1) is 9.17. The van der Waals surface area contributed by atoms with Crippen LogP contribution < -0.4 is 0 Å². The highest BCUT2D eigenvalue weighted by Gasteiger charge is 2.28. The summed E-state index contributed by atoms with van der Waals surface area (Å²) in [5, 5.41) is 19.2. The van der Waals surface area contributed by atoms with Gasteiger partial charge < -0.3 is 19.7 Å². The van der Waals surface area contributed by atoms with Gasteiger partial charge in [-0.2, -0.15) is 0 Å². The third-order valence-electron chi connectivity index (χ3n) is 2.59. The van der Waals surface area contributed by atoms with Crippen molar-refractivity contribution in [3.63, 3.8) is 0 Å². The van der Waals surface area contributed by atoms with Crippen LogP contribution in [0.4, 0.5) is 4.79 Å². The average Bonchev–Trinajstić information content (AvgIpc) is 2.33. The fourth-order valence-corrected chi connectivity index (χ4v) is 1.61. The lowest BCUT2D eigenvalue weighted by Gasteiger charge is -2.28. The summed E-state index contributed by atoms with van der Waals surface area (Å²) in [5.74, 6) is -0.785. The molecule has 0 saturated heterocycles. The Morgan fingerprint density at radius 2 is 1.95 bits per heavy atom. The van der Waals surface area contributed by atoms with Crippen LogP contribution >= 0.6 is 0 Å². The molecule has 2 N–H and O–H groups in total. The number of phenolic OH excluding ortho intramolecular Hbond substituents is 2. The normalized spacial score (nSPS) is 12.6. The monoisotopic (exact) mass is 281 g/mol. The van der Waals surface area contributed by atoms with Crippen molar-refractivity contribution in [3.05, 3.63) is 23.8 Å². The molecule has 20 heavy (non-hydrogen) atoms. The number of carbonyl (C=O) groups excluding carboxylic acids is 2. The second kappa shape index (κ2) is 5.81. The predicted molar refractivity (Wildman–Crippen MR) is 72.6 cm³/mol. The van der Waals surface area contributed by atoms with Crippen molar-refractivity contribution in [2.75, 3.05) is 7.05 Å². The number of aldehydes is 1. The largest absolute Gasteiger partial charge is 0.504 e. The molecule has 0 aromatic heterocycles. The van der Waals surface area contributed by atoms with Gasteiger partial charge >= 0.3 is 6.09 Å². The highest BCUT2D eigenvalue weighted by atomic mass is 16.6. The molecule has 1 unspecified atom stereocenters. The lowest BCUT2D eigenvalue weighted by Crippen LogP contribution is -2.37. The van der Waals surface area contributed by atoms with Crippen molar-refractivity contribution in [3.8, 4) is 11.5 Å². The van der Waals surface area contributed by atoms with Gasteiger partial charge in [0.2, 0.25) is 0 Å². The second-order valence-electron chi connectivity index (χ2n) is 5.39. The molecule has 0 saturated carbocycles. The second-order valence-corrected chi connectivity index (χ2v) is 5.39. The molecule has 0 aliphatic rings. The van der Waals surface area contributed by atoms with E-state index in [1.807, 2.05) is 0 Å². The van der Waals surface area contributed by atoms with Gasteiger partial charge in [0.25, 0.3) is 0 Å². The third kappa shape index (κ3) is 3.63. The fourth-order valence-electron chi connectivity index (χ4n) is 1.61. The van der Waals surface area contributed by atoms with E-state index in [1.54, 1.807) is 20.8 Å². The number of rotatable bonds is 3. The molecular weight excluding hydrogens is 262 g/mol. The van der Waals surface area contributed by atoms with Gasteiger partial charge in [0.1, 0.15) is 17.9 Å². The van der Waals surface area contributed by atoms with Crippen LogP contribution in [0.2, 0.25) is 0 Å². The summed E-state index contributed by atoms with van der Waals surface area (Å²) in [6.07, 6.45) is -0.198. The van der Waals surface area contributed by atoms with Crippen molar-refractivity contribution in [2.45, 2.75) is 32.4 Å². The van der Waals surface area contributed by atoms with E-state index in [0.29, 0.717) is 6.29 Å². The van der Waals surface area contributed by atoms with E-state index in [1.165, 1.54) is 25.2 Å². The van der Waals surface area contributed by atoms with E-state index in [0.717, 1.165) is 4.90 Å². The van der Waals surface area contributed by atoms with Gasteiger partial charge in [0.15, 0.2) is 11.5 Å². The maximum atomic E-state index is 11.9. The van der Waals surface area contributed by atoms with Crippen LogP contribution in [0, 0.1) is 0 Å². The van der Waals surface area contributed by atoms with E-state index in [2.05, 4.69) is 0 Å². The van der Waals surface area contributed by atoms with Gasteiger partial charge in [-0.3, -0.25) is 4.90 Å². The lowest BCUT2D eigenvalue weighted by molar-refractivity contribution is -0.112. The number of hydrogen-bond donors (Lipinski definition) is 2. The van der Waals surface area contributed by atoms with Crippen LogP contribution in [0.15, 0.2) is 18.2 Å². The molecule has 0 fully saturated rings. The molecule has 6 heteroatoms. The molecule has 1 aromatic rings. The number of amides is 1. The van der Waals surface area contributed by atoms with E-state index in [4.69, 9.17) is 4.74 Å². The molecule has 1 rings (SSSR count). The van der Waals surface area contributed by atoms with Gasteiger partial charge in [0, 0.05) is 12.6 Å². The zero-order valence-electron chi connectivity index (χ0n) is 12.0. The predicted octanol–water partition coefficient (Wildman–Crippen LogP) is 2.20. The van der Waals surface area contributed by atoms with Crippen LogP contribution in [0.5, 0.6) is 11.5 Å². The number of phenols is 2. The highest BCUT2D eigenvalue weighted by Crippen LogP contribution is 2.34. The summed E-state index contributed by atoms with van der Waals surface area (Å²) >= 11 is 0. The first kappa shape index (κ1) is 15.8. The number of ether oxygens (including phenoxy) is 1. The molecule has 6 nitrogen and oxygen atoms in total. The van der Waals surface area contributed by atoms with Crippen LogP contribution in [-0.4, -0.2) is 40.1 Å². The standard InChI is InChI=1S/C14H19NO5/c1-14(2,3)20-13(19)15(4)10(8-16)9-6-5-7-11(17)12(9)18/h5-8,10,17-18H,1-4H3. The van der Waals surface area contributed by atoms with E-state index < -0.39 is 23.5 Å². The minimum absolute atomic E-state index is 0.133. The summed E-state index contributed by atoms with van der Waals surface area (Å²) in [6, 6.07) is 3.17. The van der Waals surface area contributed by atoms with E-state index in [9.17, 15) is 19.8 Å². The maximum Gasteiger partial charge on any atom is 0.410 e. The zero-order valence-corrected chi connectivity index (χ0v) is 12.0. The van der Waals surface area contributed by atoms with Crippen LogP contribution in [0.3, 0.4) is 0 Å². The minimum Gasteiger partial charge on any atom is -0.504 e. The van der Waals surface area contributed by atoms with Gasteiger partial charge in [0.05, 0.1) is 0 Å². The van der Waals surface area contributed by atoms with Crippen LogP contribution in [-0.2, 0) is 9.53 Å². The van der Waals surface area contributed by atoms with Crippen molar-refractivity contribution in [1.82, 2.24) is 4.90 Å². The van der Waals surface area contributed by atoms with Crippen molar-refractivity contribution >= 4 is 12.4 Å². The Kier molecular flexibility index (Phi) is 4.60. The van der Waals surface area contributed by atoms with Crippen molar-refractivity contribution in [1.29, 1.82) is 0 Å². The number of aromatic hydroxyl groups is 2. The highest BCUT2D eigenvalue weighted by molar-refractivity contribution is 5.75. The topological polar surface area (TPSA) is 87.1 Å². The van der Waals surface area contributed by atoms with E-state index >= 15 is 0 Å². The molecule has 0 spiro atoms. The number of benzene rings is 1. The Bertz CT molecular complexity index is 507.